The van der Waals surface area contributed by atoms with Gasteiger partial charge in [0.25, 0.3) is 5.91 Å². The lowest BCUT2D eigenvalue weighted by Gasteiger charge is -2.42. The average molecular weight is 475 g/mol. The molecule has 2 amide bonds. The van der Waals surface area contributed by atoms with E-state index in [4.69, 9.17) is 4.74 Å². The topological polar surface area (TPSA) is 49.9 Å². The van der Waals surface area contributed by atoms with Crippen molar-refractivity contribution in [2.75, 3.05) is 32.2 Å². The van der Waals surface area contributed by atoms with Crippen molar-refractivity contribution in [1.29, 1.82) is 0 Å². The van der Waals surface area contributed by atoms with Gasteiger partial charge in [0.05, 0.1) is 18.6 Å². The summed E-state index contributed by atoms with van der Waals surface area (Å²) < 4.78 is 19.1. The maximum Gasteiger partial charge on any atom is 0.254 e. The minimum absolute atomic E-state index is 0.140. The fourth-order valence-electron chi connectivity index (χ4n) is 4.74. The van der Waals surface area contributed by atoms with Crippen LogP contribution in [0.15, 0.2) is 72.8 Å². The molecule has 0 spiro atoms. The van der Waals surface area contributed by atoms with Gasteiger partial charge in [0.1, 0.15) is 5.82 Å². The molecule has 0 fully saturated rings. The van der Waals surface area contributed by atoms with Crippen molar-refractivity contribution in [2.24, 2.45) is 0 Å². The zero-order chi connectivity index (χ0) is 25.1. The van der Waals surface area contributed by atoms with Gasteiger partial charge in [0.2, 0.25) is 5.91 Å². The highest BCUT2D eigenvalue weighted by Crippen LogP contribution is 2.44. The number of nitrogens with zero attached hydrogens (tertiary/aromatic N) is 2. The smallest absolute Gasteiger partial charge is 0.254 e. The molecular formula is C29H31FN2O3. The third-order valence-electron chi connectivity index (χ3n) is 6.73. The van der Waals surface area contributed by atoms with Gasteiger partial charge in [-0.1, -0.05) is 56.3 Å². The number of methoxy groups -OCH3 is 1. The van der Waals surface area contributed by atoms with Gasteiger partial charge in [-0.05, 0) is 52.9 Å². The van der Waals surface area contributed by atoms with Gasteiger partial charge in [-0.3, -0.25) is 9.59 Å². The number of carbonyl (C=O) groups excluding carboxylic acids is 2. The third-order valence-corrected chi connectivity index (χ3v) is 6.73. The summed E-state index contributed by atoms with van der Waals surface area (Å²) in [6, 6.07) is 20.6. The largest absolute Gasteiger partial charge is 0.383 e. The molecule has 3 aromatic carbocycles. The van der Waals surface area contributed by atoms with Crippen molar-refractivity contribution >= 4 is 17.5 Å². The Labute approximate surface area is 206 Å². The molecule has 0 N–H and O–H groups in total. The highest BCUT2D eigenvalue weighted by atomic mass is 19.1. The molecule has 1 aliphatic rings. The number of anilines is 1. The van der Waals surface area contributed by atoms with Crippen LogP contribution in [0.4, 0.5) is 10.1 Å². The Morgan fingerprint density at radius 1 is 1.03 bits per heavy atom. The molecule has 4 rings (SSSR count). The lowest BCUT2D eigenvalue weighted by molar-refractivity contribution is -0.121. The molecule has 3 aromatic rings. The van der Waals surface area contributed by atoms with Crippen LogP contribution >= 0.6 is 0 Å². The second kappa shape index (κ2) is 10.4. The molecule has 1 aliphatic heterocycles. The highest BCUT2D eigenvalue weighted by molar-refractivity contribution is 6.05. The van der Waals surface area contributed by atoms with Gasteiger partial charge < -0.3 is 14.5 Å². The first-order chi connectivity index (χ1) is 16.8. The van der Waals surface area contributed by atoms with Crippen LogP contribution in [0.2, 0.25) is 0 Å². The Bertz CT molecular complexity index is 1190. The molecular weight excluding hydrogens is 443 g/mol. The van der Waals surface area contributed by atoms with Crippen LogP contribution in [0, 0.1) is 5.82 Å². The van der Waals surface area contributed by atoms with Crippen molar-refractivity contribution in [3.8, 4) is 0 Å². The number of ether oxygens (including phenoxy) is 1. The SMILES string of the molecule is COCCN1C(=O)c2ccccc2[C@@H](C(=O)N(C)c2ccc(C(C)C)cc2)[C@@H]1c1ccc(F)cc1. The Kier molecular flexibility index (Phi) is 7.31. The van der Waals surface area contributed by atoms with E-state index in [-0.39, 0.29) is 17.6 Å². The van der Waals surface area contributed by atoms with Gasteiger partial charge >= 0.3 is 0 Å². The monoisotopic (exact) mass is 474 g/mol. The standard InChI is InChI=1S/C29H31FN2O3/c1-19(2)20-11-15-23(16-12-20)31(3)29(34)26-24-7-5-6-8-25(24)28(33)32(17-18-35-4)27(26)21-9-13-22(30)14-10-21/h5-16,19,26-27H,17-18H2,1-4H3/t26-,27+/m1/s1. The van der Waals surface area contributed by atoms with Crippen LogP contribution in [0.3, 0.4) is 0 Å². The minimum Gasteiger partial charge on any atom is -0.383 e. The summed E-state index contributed by atoms with van der Waals surface area (Å²) in [7, 11) is 3.33. The summed E-state index contributed by atoms with van der Waals surface area (Å²) in [6.45, 7) is 4.88. The highest BCUT2D eigenvalue weighted by Gasteiger charge is 2.45. The minimum atomic E-state index is -0.666. The number of hydrogen-bond acceptors (Lipinski definition) is 3. The van der Waals surface area contributed by atoms with Crippen molar-refractivity contribution in [2.45, 2.75) is 31.7 Å². The molecule has 6 heteroatoms. The summed E-state index contributed by atoms with van der Waals surface area (Å²) >= 11 is 0. The van der Waals surface area contributed by atoms with E-state index in [1.807, 2.05) is 36.4 Å². The second-order valence-corrected chi connectivity index (χ2v) is 9.20. The van der Waals surface area contributed by atoms with E-state index in [9.17, 15) is 14.0 Å². The maximum atomic E-state index is 14.1. The quantitative estimate of drug-likeness (QED) is 0.452. The second-order valence-electron chi connectivity index (χ2n) is 9.20. The van der Waals surface area contributed by atoms with Crippen LogP contribution in [0.5, 0.6) is 0 Å². The Morgan fingerprint density at radius 2 is 1.69 bits per heavy atom. The number of likely N-dealkylation sites (N-methyl/N-ethyl adjacent to an activating group) is 1. The molecule has 5 nitrogen and oxygen atoms in total. The molecule has 0 bridgehead atoms. The average Bonchev–Trinajstić information content (AvgIpc) is 2.88. The number of fused-ring (bicyclic) bond motifs is 1. The predicted molar refractivity (Wildman–Crippen MR) is 135 cm³/mol. The van der Waals surface area contributed by atoms with Crippen molar-refractivity contribution in [3.63, 3.8) is 0 Å². The van der Waals surface area contributed by atoms with Crippen molar-refractivity contribution in [1.82, 2.24) is 4.90 Å². The molecule has 0 aromatic heterocycles. The molecule has 1 heterocycles. The molecule has 0 saturated heterocycles. The summed E-state index contributed by atoms with van der Waals surface area (Å²) in [4.78, 5) is 31.0. The predicted octanol–water partition coefficient (Wildman–Crippen LogP) is 5.54. The first-order valence-corrected chi connectivity index (χ1v) is 11.8. The Balaban J connectivity index is 1.82. The van der Waals surface area contributed by atoms with Crippen LogP contribution < -0.4 is 4.90 Å². The molecule has 0 aliphatic carbocycles. The Morgan fingerprint density at radius 3 is 2.31 bits per heavy atom. The van der Waals surface area contributed by atoms with E-state index in [0.717, 1.165) is 5.69 Å². The van der Waals surface area contributed by atoms with Crippen LogP contribution in [0.25, 0.3) is 0 Å². The first-order valence-electron chi connectivity index (χ1n) is 11.8. The lowest BCUT2D eigenvalue weighted by Crippen LogP contribution is -2.48. The molecule has 0 unspecified atom stereocenters. The maximum absolute atomic E-state index is 14.1. The lowest BCUT2D eigenvalue weighted by atomic mass is 9.78. The fourth-order valence-corrected chi connectivity index (χ4v) is 4.74. The van der Waals surface area contributed by atoms with Crippen LogP contribution in [0.1, 0.15) is 58.8 Å². The number of amides is 2. The third kappa shape index (κ3) is 4.84. The van der Waals surface area contributed by atoms with E-state index in [1.54, 1.807) is 48.2 Å². The summed E-state index contributed by atoms with van der Waals surface area (Å²) in [5.41, 5.74) is 3.85. The zero-order valence-corrected chi connectivity index (χ0v) is 20.6. The zero-order valence-electron chi connectivity index (χ0n) is 20.6. The molecule has 0 radical (unpaired) electrons. The first kappa shape index (κ1) is 24.6. The molecule has 0 saturated carbocycles. The number of benzene rings is 3. The summed E-state index contributed by atoms with van der Waals surface area (Å²) in [5.74, 6) is -0.955. The molecule has 182 valence electrons. The van der Waals surface area contributed by atoms with E-state index in [1.165, 1.54) is 17.7 Å². The number of hydrogen-bond donors (Lipinski definition) is 0. The van der Waals surface area contributed by atoms with E-state index in [2.05, 4.69) is 13.8 Å². The van der Waals surface area contributed by atoms with E-state index < -0.39 is 12.0 Å². The van der Waals surface area contributed by atoms with Gasteiger partial charge in [0.15, 0.2) is 0 Å². The molecule has 2 atom stereocenters. The van der Waals surface area contributed by atoms with E-state index >= 15 is 0 Å². The van der Waals surface area contributed by atoms with Gasteiger partial charge in [-0.15, -0.1) is 0 Å². The summed E-state index contributed by atoms with van der Waals surface area (Å²) in [5, 5.41) is 0. The van der Waals surface area contributed by atoms with Gasteiger partial charge in [-0.2, -0.15) is 0 Å². The van der Waals surface area contributed by atoms with Crippen molar-refractivity contribution in [3.05, 3.63) is 101 Å². The number of carbonyl (C=O) groups is 2. The molecule has 35 heavy (non-hydrogen) atoms. The normalized spacial score (nSPS) is 17.4. The number of halogens is 1. The van der Waals surface area contributed by atoms with Gasteiger partial charge in [-0.25, -0.2) is 4.39 Å². The van der Waals surface area contributed by atoms with Gasteiger partial charge in [0, 0.05) is 32.0 Å². The van der Waals surface area contributed by atoms with Crippen LogP contribution in [-0.4, -0.2) is 44.0 Å². The Hall–Kier alpha value is -3.51. The van der Waals surface area contributed by atoms with Crippen LogP contribution in [-0.2, 0) is 9.53 Å². The van der Waals surface area contributed by atoms with Crippen molar-refractivity contribution < 1.29 is 18.7 Å². The number of rotatable bonds is 7. The summed E-state index contributed by atoms with van der Waals surface area (Å²) in [6.07, 6.45) is 0. The fraction of sp³-hybridized carbons (Fsp3) is 0.310. The van der Waals surface area contributed by atoms with E-state index in [0.29, 0.717) is 35.8 Å².